The SMILES string of the molecule is COc1ccc([C@H](NC(=O)O)C(=O)N[C@@H](C(C)C)[C@H](O)C(F)(F)F)cc1. The molecule has 0 saturated carbocycles. The van der Waals surface area contributed by atoms with E-state index in [4.69, 9.17) is 9.84 Å². The van der Waals surface area contributed by atoms with Crippen molar-refractivity contribution in [1.29, 1.82) is 0 Å². The lowest BCUT2D eigenvalue weighted by Crippen LogP contribution is -2.55. The highest BCUT2D eigenvalue weighted by atomic mass is 19.4. The van der Waals surface area contributed by atoms with E-state index < -0.39 is 42.3 Å². The predicted molar refractivity (Wildman–Crippen MR) is 85.7 cm³/mol. The summed E-state index contributed by atoms with van der Waals surface area (Å²) < 4.78 is 43.4. The summed E-state index contributed by atoms with van der Waals surface area (Å²) in [5, 5.41) is 22.5. The molecule has 0 aromatic heterocycles. The van der Waals surface area contributed by atoms with Gasteiger partial charge in [0, 0.05) is 0 Å². The van der Waals surface area contributed by atoms with Gasteiger partial charge in [-0.15, -0.1) is 0 Å². The standard InChI is InChI=1S/C16H21F3N2O5/c1-8(2)11(13(22)16(17,18)19)20-14(23)12(21-15(24)25)9-4-6-10(26-3)7-5-9/h4-8,11-13,21-22H,1-3H3,(H,20,23)(H,24,25)/t11-,12-,13-/m0/s1. The average molecular weight is 378 g/mol. The molecule has 0 spiro atoms. The predicted octanol–water partition coefficient (Wildman–Crippen LogP) is 2.07. The van der Waals surface area contributed by atoms with Crippen LogP contribution in [-0.4, -0.2) is 47.6 Å². The Bertz CT molecular complexity index is 619. The van der Waals surface area contributed by atoms with Gasteiger partial charge in [-0.25, -0.2) is 4.79 Å². The number of rotatable bonds is 7. The number of benzene rings is 1. The van der Waals surface area contributed by atoms with Crippen molar-refractivity contribution >= 4 is 12.0 Å². The van der Waals surface area contributed by atoms with Gasteiger partial charge in [0.15, 0.2) is 6.10 Å². The van der Waals surface area contributed by atoms with Gasteiger partial charge in [-0.2, -0.15) is 13.2 Å². The summed E-state index contributed by atoms with van der Waals surface area (Å²) in [6.45, 7) is 2.79. The Labute approximate surface area is 148 Å². The van der Waals surface area contributed by atoms with Crippen molar-refractivity contribution in [3.63, 3.8) is 0 Å². The Hall–Kier alpha value is -2.49. The number of hydrogen-bond acceptors (Lipinski definition) is 4. The molecule has 0 unspecified atom stereocenters. The van der Waals surface area contributed by atoms with Gasteiger partial charge in [0.2, 0.25) is 5.91 Å². The third-order valence-electron chi connectivity index (χ3n) is 3.68. The first-order valence-corrected chi connectivity index (χ1v) is 7.66. The van der Waals surface area contributed by atoms with Crippen molar-refractivity contribution in [2.24, 2.45) is 5.92 Å². The Morgan fingerprint density at radius 2 is 1.65 bits per heavy atom. The van der Waals surface area contributed by atoms with Crippen molar-refractivity contribution in [2.75, 3.05) is 7.11 Å². The zero-order valence-corrected chi connectivity index (χ0v) is 14.4. The third kappa shape index (κ3) is 5.80. The number of aliphatic hydroxyl groups excluding tert-OH is 1. The highest BCUT2D eigenvalue weighted by Crippen LogP contribution is 2.26. The molecule has 0 radical (unpaired) electrons. The monoisotopic (exact) mass is 378 g/mol. The molecule has 26 heavy (non-hydrogen) atoms. The van der Waals surface area contributed by atoms with Crippen LogP contribution < -0.4 is 15.4 Å². The number of hydrogen-bond donors (Lipinski definition) is 4. The van der Waals surface area contributed by atoms with Crippen LogP contribution in [-0.2, 0) is 4.79 Å². The zero-order chi connectivity index (χ0) is 20.1. The fourth-order valence-electron chi connectivity index (χ4n) is 2.28. The number of methoxy groups -OCH3 is 1. The van der Waals surface area contributed by atoms with Crippen molar-refractivity contribution in [3.8, 4) is 5.75 Å². The lowest BCUT2D eigenvalue weighted by Gasteiger charge is -2.30. The quantitative estimate of drug-likeness (QED) is 0.581. The first-order chi connectivity index (χ1) is 12.0. The smallest absolute Gasteiger partial charge is 0.416 e. The topological polar surface area (TPSA) is 108 Å². The van der Waals surface area contributed by atoms with E-state index in [2.05, 4.69) is 5.32 Å². The largest absolute Gasteiger partial charge is 0.497 e. The van der Waals surface area contributed by atoms with Gasteiger partial charge < -0.3 is 25.6 Å². The molecule has 0 aliphatic rings. The van der Waals surface area contributed by atoms with Gasteiger partial charge in [0.1, 0.15) is 11.8 Å². The van der Waals surface area contributed by atoms with E-state index in [1.54, 1.807) is 0 Å². The molecular formula is C16H21F3N2O5. The number of nitrogens with one attached hydrogen (secondary N) is 2. The summed E-state index contributed by atoms with van der Waals surface area (Å²) in [4.78, 5) is 23.4. The molecule has 4 N–H and O–H groups in total. The Morgan fingerprint density at radius 1 is 1.12 bits per heavy atom. The van der Waals surface area contributed by atoms with Crippen LogP contribution in [0.4, 0.5) is 18.0 Å². The van der Waals surface area contributed by atoms with E-state index in [0.717, 1.165) is 0 Å². The normalized spacial score (nSPS) is 15.1. The molecule has 1 rings (SSSR count). The van der Waals surface area contributed by atoms with Gasteiger partial charge in [0.25, 0.3) is 0 Å². The molecule has 2 amide bonds. The molecule has 0 bridgehead atoms. The number of carbonyl (C=O) groups excluding carboxylic acids is 1. The summed E-state index contributed by atoms with van der Waals surface area (Å²) in [6, 6.07) is 2.67. The van der Waals surface area contributed by atoms with E-state index in [0.29, 0.717) is 5.75 Å². The van der Waals surface area contributed by atoms with Crippen LogP contribution in [0.3, 0.4) is 0 Å². The summed E-state index contributed by atoms with van der Waals surface area (Å²) in [7, 11) is 1.42. The molecule has 0 aliphatic heterocycles. The minimum Gasteiger partial charge on any atom is -0.497 e. The molecule has 146 valence electrons. The maximum Gasteiger partial charge on any atom is 0.416 e. The molecule has 7 nitrogen and oxygen atoms in total. The van der Waals surface area contributed by atoms with Crippen LogP contribution in [0.15, 0.2) is 24.3 Å². The van der Waals surface area contributed by atoms with Crippen LogP contribution in [0.25, 0.3) is 0 Å². The molecule has 10 heteroatoms. The van der Waals surface area contributed by atoms with Crippen molar-refractivity contribution in [3.05, 3.63) is 29.8 Å². The summed E-state index contributed by atoms with van der Waals surface area (Å²) in [6.07, 6.45) is -9.25. The maximum atomic E-state index is 12.8. The molecular weight excluding hydrogens is 357 g/mol. The second kappa shape index (κ2) is 8.75. The lowest BCUT2D eigenvalue weighted by molar-refractivity contribution is -0.215. The second-order valence-corrected chi connectivity index (χ2v) is 5.92. The van der Waals surface area contributed by atoms with E-state index in [-0.39, 0.29) is 5.56 Å². The van der Waals surface area contributed by atoms with E-state index in [1.807, 2.05) is 5.32 Å². The maximum absolute atomic E-state index is 12.8. The minimum absolute atomic E-state index is 0.203. The van der Waals surface area contributed by atoms with Gasteiger partial charge >= 0.3 is 12.3 Å². The Morgan fingerprint density at radius 3 is 2.04 bits per heavy atom. The summed E-state index contributed by atoms with van der Waals surface area (Å²) >= 11 is 0. The zero-order valence-electron chi connectivity index (χ0n) is 14.4. The molecule has 0 saturated heterocycles. The molecule has 0 aliphatic carbocycles. The number of carbonyl (C=O) groups is 2. The highest BCUT2D eigenvalue weighted by Gasteiger charge is 2.45. The van der Waals surface area contributed by atoms with Gasteiger partial charge in [-0.1, -0.05) is 26.0 Å². The first-order valence-electron chi connectivity index (χ1n) is 7.66. The fraction of sp³-hybridized carbons (Fsp3) is 0.500. The van der Waals surface area contributed by atoms with E-state index in [9.17, 15) is 27.9 Å². The van der Waals surface area contributed by atoms with E-state index >= 15 is 0 Å². The third-order valence-corrected chi connectivity index (χ3v) is 3.68. The molecule has 1 aromatic rings. The van der Waals surface area contributed by atoms with Crippen molar-refractivity contribution < 1.29 is 37.7 Å². The average Bonchev–Trinajstić information content (AvgIpc) is 2.55. The number of halogens is 3. The number of carboxylic acid groups (broad SMARTS) is 1. The summed E-state index contributed by atoms with van der Waals surface area (Å²) in [5.74, 6) is -1.31. The molecule has 3 atom stereocenters. The Kier molecular flexibility index (Phi) is 7.25. The number of ether oxygens (including phenoxy) is 1. The van der Waals surface area contributed by atoms with Crippen LogP contribution in [0.5, 0.6) is 5.75 Å². The van der Waals surface area contributed by atoms with Crippen LogP contribution in [0.1, 0.15) is 25.5 Å². The number of amides is 2. The van der Waals surface area contributed by atoms with Crippen LogP contribution >= 0.6 is 0 Å². The van der Waals surface area contributed by atoms with Gasteiger partial charge in [-0.05, 0) is 23.6 Å². The molecule has 1 aromatic carbocycles. The second-order valence-electron chi connectivity index (χ2n) is 5.92. The Balaban J connectivity index is 3.08. The van der Waals surface area contributed by atoms with Gasteiger partial charge in [-0.3, -0.25) is 4.79 Å². The number of aliphatic hydroxyl groups is 1. The summed E-state index contributed by atoms with van der Waals surface area (Å²) in [5.41, 5.74) is 0.203. The highest BCUT2D eigenvalue weighted by molar-refractivity contribution is 5.86. The van der Waals surface area contributed by atoms with Crippen molar-refractivity contribution in [1.82, 2.24) is 10.6 Å². The van der Waals surface area contributed by atoms with E-state index in [1.165, 1.54) is 45.2 Å². The number of alkyl halides is 3. The van der Waals surface area contributed by atoms with Crippen molar-refractivity contribution in [2.45, 2.75) is 38.2 Å². The molecule has 0 fully saturated rings. The first kappa shape index (κ1) is 21.6. The van der Waals surface area contributed by atoms with Crippen LogP contribution in [0.2, 0.25) is 0 Å². The van der Waals surface area contributed by atoms with Crippen LogP contribution in [0, 0.1) is 5.92 Å². The lowest BCUT2D eigenvalue weighted by atomic mass is 9.96. The fourth-order valence-corrected chi connectivity index (χ4v) is 2.28. The minimum atomic E-state index is -4.93. The molecule has 0 heterocycles. The van der Waals surface area contributed by atoms with Gasteiger partial charge in [0.05, 0.1) is 13.2 Å².